The second-order valence-electron chi connectivity index (χ2n) is 4.88. The number of rotatable bonds is 7. The Morgan fingerprint density at radius 1 is 1.14 bits per heavy atom. The van der Waals surface area contributed by atoms with Gasteiger partial charge in [-0.25, -0.2) is 0 Å². The van der Waals surface area contributed by atoms with Gasteiger partial charge in [0.25, 0.3) is 0 Å². The van der Waals surface area contributed by atoms with E-state index in [-0.39, 0.29) is 6.61 Å². The highest BCUT2D eigenvalue weighted by molar-refractivity contribution is 9.10. The molecule has 1 atom stereocenters. The third-order valence-corrected chi connectivity index (χ3v) is 5.11. The molecule has 0 saturated carbocycles. The number of hydrogen-bond acceptors (Lipinski definition) is 3. The van der Waals surface area contributed by atoms with Crippen molar-refractivity contribution in [2.75, 3.05) is 18.9 Å². The number of halogens is 1. The minimum Gasteiger partial charge on any atom is -0.394 e. The Bertz CT molecular complexity index is 564. The maximum Gasteiger partial charge on any atom is 0.0764 e. The van der Waals surface area contributed by atoms with Gasteiger partial charge in [-0.05, 0) is 30.3 Å². The lowest BCUT2D eigenvalue weighted by Crippen LogP contribution is -2.47. The minimum absolute atomic E-state index is 0.0753. The lowest BCUT2D eigenvalue weighted by atomic mass is 9.92. The zero-order chi connectivity index (χ0) is 15.1. The first-order valence-electron chi connectivity index (χ1n) is 7.00. The molecule has 0 aliphatic heterocycles. The first-order chi connectivity index (χ1) is 10.2. The molecular formula is C17H20BrNOS. The average Bonchev–Trinajstić information content (AvgIpc) is 2.52. The SMILES string of the molecule is CCNC(CO)(CSc1cccc(Br)c1)c1ccccc1. The monoisotopic (exact) mass is 365 g/mol. The Hall–Kier alpha value is -0.810. The van der Waals surface area contributed by atoms with Crippen molar-refractivity contribution >= 4 is 27.7 Å². The fourth-order valence-electron chi connectivity index (χ4n) is 2.29. The summed E-state index contributed by atoms with van der Waals surface area (Å²) in [4.78, 5) is 1.19. The van der Waals surface area contributed by atoms with Crippen LogP contribution in [0.2, 0.25) is 0 Å². The topological polar surface area (TPSA) is 32.3 Å². The largest absolute Gasteiger partial charge is 0.394 e. The second kappa shape index (κ2) is 7.99. The molecule has 2 nitrogen and oxygen atoms in total. The summed E-state index contributed by atoms with van der Waals surface area (Å²) in [6.45, 7) is 2.96. The number of benzene rings is 2. The molecule has 0 heterocycles. The summed E-state index contributed by atoms with van der Waals surface area (Å²) in [5.41, 5.74) is 0.708. The molecule has 2 rings (SSSR count). The standard InChI is InChI=1S/C17H20BrNOS/c1-2-19-17(12-20,14-7-4-3-5-8-14)13-21-16-10-6-9-15(18)11-16/h3-11,19-20H,2,12-13H2,1H3. The molecule has 0 aromatic heterocycles. The van der Waals surface area contributed by atoms with Gasteiger partial charge in [0, 0.05) is 15.1 Å². The van der Waals surface area contributed by atoms with Crippen LogP contribution in [0.1, 0.15) is 12.5 Å². The summed E-state index contributed by atoms with van der Waals surface area (Å²) in [6, 6.07) is 18.4. The number of aliphatic hydroxyl groups is 1. The molecule has 2 aromatic rings. The Morgan fingerprint density at radius 2 is 1.90 bits per heavy atom. The first-order valence-corrected chi connectivity index (χ1v) is 8.78. The molecule has 0 amide bonds. The predicted octanol–water partition coefficient (Wildman–Crippen LogP) is 4.04. The summed E-state index contributed by atoms with van der Waals surface area (Å²) >= 11 is 5.25. The molecule has 2 aromatic carbocycles. The molecule has 1 unspecified atom stereocenters. The molecule has 0 spiro atoms. The van der Waals surface area contributed by atoms with Crippen LogP contribution in [-0.2, 0) is 5.54 Å². The van der Waals surface area contributed by atoms with Crippen LogP contribution in [0.25, 0.3) is 0 Å². The second-order valence-corrected chi connectivity index (χ2v) is 6.85. The number of aliphatic hydroxyl groups excluding tert-OH is 1. The zero-order valence-corrected chi connectivity index (χ0v) is 14.5. The maximum absolute atomic E-state index is 10.0. The molecule has 112 valence electrons. The van der Waals surface area contributed by atoms with Crippen LogP contribution < -0.4 is 5.32 Å². The minimum atomic E-state index is -0.414. The van der Waals surface area contributed by atoms with E-state index in [1.54, 1.807) is 11.8 Å². The van der Waals surface area contributed by atoms with Crippen LogP contribution in [0.5, 0.6) is 0 Å². The van der Waals surface area contributed by atoms with Crippen LogP contribution in [-0.4, -0.2) is 24.0 Å². The Kier molecular flexibility index (Phi) is 6.30. The first kappa shape index (κ1) is 16.6. The highest BCUT2D eigenvalue weighted by atomic mass is 79.9. The van der Waals surface area contributed by atoms with Crippen LogP contribution in [0.15, 0.2) is 64.0 Å². The van der Waals surface area contributed by atoms with E-state index in [9.17, 15) is 5.11 Å². The van der Waals surface area contributed by atoms with Crippen molar-refractivity contribution in [1.29, 1.82) is 0 Å². The van der Waals surface area contributed by atoms with Gasteiger partial charge < -0.3 is 10.4 Å². The van der Waals surface area contributed by atoms with E-state index in [1.165, 1.54) is 4.90 Å². The van der Waals surface area contributed by atoms with Gasteiger partial charge in [-0.1, -0.05) is 59.3 Å². The fraction of sp³-hybridized carbons (Fsp3) is 0.294. The quantitative estimate of drug-likeness (QED) is 0.726. The van der Waals surface area contributed by atoms with E-state index >= 15 is 0 Å². The van der Waals surface area contributed by atoms with E-state index in [4.69, 9.17) is 0 Å². The van der Waals surface area contributed by atoms with Gasteiger partial charge in [0.15, 0.2) is 0 Å². The zero-order valence-electron chi connectivity index (χ0n) is 12.1. The Labute approximate surface area is 139 Å². The highest BCUT2D eigenvalue weighted by Crippen LogP contribution is 2.30. The molecule has 0 radical (unpaired) electrons. The summed E-state index contributed by atoms with van der Waals surface area (Å²) in [5, 5.41) is 13.5. The maximum atomic E-state index is 10.0. The van der Waals surface area contributed by atoms with Gasteiger partial charge in [-0.2, -0.15) is 0 Å². The van der Waals surface area contributed by atoms with Crippen LogP contribution >= 0.6 is 27.7 Å². The van der Waals surface area contributed by atoms with Crippen molar-refractivity contribution in [2.45, 2.75) is 17.4 Å². The molecule has 0 fully saturated rings. The average molecular weight is 366 g/mol. The van der Waals surface area contributed by atoms with E-state index < -0.39 is 5.54 Å². The van der Waals surface area contributed by atoms with Crippen molar-refractivity contribution in [2.24, 2.45) is 0 Å². The third kappa shape index (κ3) is 4.33. The smallest absolute Gasteiger partial charge is 0.0764 e. The lowest BCUT2D eigenvalue weighted by Gasteiger charge is -2.33. The third-order valence-electron chi connectivity index (χ3n) is 3.39. The molecular weight excluding hydrogens is 346 g/mol. The van der Waals surface area contributed by atoms with Crippen molar-refractivity contribution in [3.8, 4) is 0 Å². The van der Waals surface area contributed by atoms with Crippen LogP contribution in [0.4, 0.5) is 0 Å². The fourth-order valence-corrected chi connectivity index (χ4v) is 4.00. The highest BCUT2D eigenvalue weighted by Gasteiger charge is 2.30. The van der Waals surface area contributed by atoms with Crippen LogP contribution in [0.3, 0.4) is 0 Å². The van der Waals surface area contributed by atoms with Crippen LogP contribution in [0, 0.1) is 0 Å². The molecule has 4 heteroatoms. The Morgan fingerprint density at radius 3 is 2.52 bits per heavy atom. The Balaban J connectivity index is 2.20. The van der Waals surface area contributed by atoms with Crippen molar-refractivity contribution < 1.29 is 5.11 Å². The molecule has 21 heavy (non-hydrogen) atoms. The molecule has 0 aliphatic rings. The van der Waals surface area contributed by atoms with E-state index in [2.05, 4.69) is 52.4 Å². The predicted molar refractivity (Wildman–Crippen MR) is 93.7 cm³/mol. The normalized spacial score (nSPS) is 13.9. The van der Waals surface area contributed by atoms with E-state index in [0.29, 0.717) is 0 Å². The molecule has 0 saturated heterocycles. The lowest BCUT2D eigenvalue weighted by molar-refractivity contribution is 0.181. The van der Waals surface area contributed by atoms with E-state index in [1.807, 2.05) is 30.3 Å². The van der Waals surface area contributed by atoms with Gasteiger partial charge in [0.05, 0.1) is 12.1 Å². The summed E-state index contributed by atoms with van der Waals surface area (Å²) in [7, 11) is 0. The molecule has 0 aliphatic carbocycles. The number of hydrogen-bond donors (Lipinski definition) is 2. The van der Waals surface area contributed by atoms with Crippen molar-refractivity contribution in [3.63, 3.8) is 0 Å². The molecule has 2 N–H and O–H groups in total. The van der Waals surface area contributed by atoms with Gasteiger partial charge in [-0.15, -0.1) is 11.8 Å². The van der Waals surface area contributed by atoms with Gasteiger partial charge in [-0.3, -0.25) is 0 Å². The molecule has 0 bridgehead atoms. The number of likely N-dealkylation sites (N-methyl/N-ethyl adjacent to an activating group) is 1. The van der Waals surface area contributed by atoms with Crippen molar-refractivity contribution in [3.05, 3.63) is 64.6 Å². The number of nitrogens with one attached hydrogen (secondary N) is 1. The summed E-state index contributed by atoms with van der Waals surface area (Å²) in [5.74, 6) is 0.776. The number of thioether (sulfide) groups is 1. The summed E-state index contributed by atoms with van der Waals surface area (Å²) < 4.78 is 1.07. The van der Waals surface area contributed by atoms with Crippen molar-refractivity contribution in [1.82, 2.24) is 5.32 Å². The van der Waals surface area contributed by atoms with Gasteiger partial charge in [0.1, 0.15) is 0 Å². The summed E-state index contributed by atoms with van der Waals surface area (Å²) in [6.07, 6.45) is 0. The van der Waals surface area contributed by atoms with E-state index in [0.717, 1.165) is 22.3 Å². The van der Waals surface area contributed by atoms with Gasteiger partial charge >= 0.3 is 0 Å². The van der Waals surface area contributed by atoms with Gasteiger partial charge in [0.2, 0.25) is 0 Å².